The number of pyridine rings is 4. The summed E-state index contributed by atoms with van der Waals surface area (Å²) in [6.07, 6.45) is 10.2. The van der Waals surface area contributed by atoms with Gasteiger partial charge in [-0.25, -0.2) is 0 Å². The van der Waals surface area contributed by atoms with Crippen LogP contribution in [0.1, 0.15) is 0 Å². The fraction of sp³-hybridized carbons (Fsp3) is 0. The van der Waals surface area contributed by atoms with Gasteiger partial charge >= 0.3 is 17.1 Å². The van der Waals surface area contributed by atoms with E-state index in [2.05, 4.69) is 50.3 Å². The van der Waals surface area contributed by atoms with Crippen molar-refractivity contribution in [3.05, 3.63) is 97.8 Å². The Morgan fingerprint density at radius 3 is 1.40 bits per heavy atom. The Kier molecular flexibility index (Phi) is 26.4. The second-order valence-corrected chi connectivity index (χ2v) is 6.82. The minimum absolute atomic E-state index is 0. The van der Waals surface area contributed by atoms with Gasteiger partial charge in [0, 0.05) is 37.2 Å². The van der Waals surface area contributed by atoms with Crippen LogP contribution < -0.4 is 10.2 Å². The smallest absolute Gasteiger partial charge is 0.457 e. The maximum Gasteiger partial charge on any atom is 2.00 e. The molecule has 6 aromatic rings. The van der Waals surface area contributed by atoms with E-state index in [1.807, 2.05) is 60.7 Å². The number of hydrogen-bond acceptors (Lipinski definition) is 8. The molecule has 0 saturated heterocycles. The standard InChI is InChI=1S/2C12H8N5.Mn.8H2O/c2*1-2-6-14-10(3-1)12-15-11(16-17-12)9-4-7-13-8-5-9;;;;;;;;;/h2*1-8H;;8*1H2/q2*-1;+2;;;;;;;;/p+2. The Bertz CT molecular complexity index is 1250. The van der Waals surface area contributed by atoms with Gasteiger partial charge in [0.2, 0.25) is 0 Å². The van der Waals surface area contributed by atoms with Crippen LogP contribution >= 0.6 is 0 Å². The molecule has 6 rings (SSSR count). The van der Waals surface area contributed by atoms with E-state index in [0.29, 0.717) is 23.3 Å². The van der Waals surface area contributed by atoms with Crippen molar-refractivity contribution >= 4 is 0 Å². The summed E-state index contributed by atoms with van der Waals surface area (Å²) < 4.78 is 0. The average molecular weight is 646 g/mol. The minimum atomic E-state index is 0. The first-order valence-corrected chi connectivity index (χ1v) is 10.3. The minimum Gasteiger partial charge on any atom is -0.457 e. The first kappa shape index (κ1) is 47.8. The van der Waals surface area contributed by atoms with Crippen molar-refractivity contribution in [3.63, 3.8) is 0 Å². The summed E-state index contributed by atoms with van der Waals surface area (Å²) in [5, 5.41) is 16.1. The normalized spacial score (nSPS) is 8.19. The van der Waals surface area contributed by atoms with Crippen LogP contribution in [0.2, 0.25) is 0 Å². The van der Waals surface area contributed by atoms with E-state index in [1.165, 1.54) is 0 Å². The maximum absolute atomic E-state index is 4.34. The molecule has 0 saturated carbocycles. The Hall–Kier alpha value is -4.92. The molecule has 0 aliphatic rings. The Morgan fingerprint density at radius 2 is 0.884 bits per heavy atom. The van der Waals surface area contributed by atoms with Crippen LogP contribution in [0.15, 0.2) is 97.8 Å². The van der Waals surface area contributed by atoms with Gasteiger partial charge in [-0.2, -0.15) is 0 Å². The van der Waals surface area contributed by atoms with Crippen LogP contribution in [-0.4, -0.2) is 73.0 Å². The monoisotopic (exact) mass is 645 g/mol. The van der Waals surface area contributed by atoms with Crippen LogP contribution in [0.25, 0.3) is 45.8 Å². The number of aromatic nitrogens is 10. The molecule has 19 heteroatoms. The molecular weight excluding hydrogens is 611 g/mol. The van der Waals surface area contributed by atoms with Crippen molar-refractivity contribution in [2.24, 2.45) is 0 Å². The molecular formula is C24H34MnN10O8+2. The van der Waals surface area contributed by atoms with E-state index < -0.39 is 0 Å². The quantitative estimate of drug-likeness (QED) is 0.133. The molecule has 0 aromatic carbocycles. The molecule has 0 spiro atoms. The molecule has 0 unspecified atom stereocenters. The molecule has 0 atom stereocenters. The van der Waals surface area contributed by atoms with Crippen LogP contribution in [0.3, 0.4) is 0 Å². The fourth-order valence-electron chi connectivity index (χ4n) is 2.93. The molecule has 18 nitrogen and oxygen atoms in total. The van der Waals surface area contributed by atoms with Gasteiger partial charge in [0.05, 0.1) is 23.0 Å². The largest absolute Gasteiger partial charge is 2.00 e. The van der Waals surface area contributed by atoms with E-state index in [1.54, 1.807) is 37.2 Å². The molecule has 233 valence electrons. The van der Waals surface area contributed by atoms with Crippen molar-refractivity contribution in [1.82, 2.24) is 50.3 Å². The van der Waals surface area contributed by atoms with Crippen LogP contribution in [0, 0.1) is 0 Å². The Labute approximate surface area is 254 Å². The van der Waals surface area contributed by atoms with Crippen LogP contribution in [0.4, 0.5) is 0 Å². The third kappa shape index (κ3) is 12.2. The summed E-state index contributed by atoms with van der Waals surface area (Å²) in [5.41, 5.74) is 3.24. The molecule has 18 N–H and O–H groups in total. The first-order chi connectivity index (χ1) is 16.9. The molecule has 0 amide bonds. The molecule has 6 aromatic heterocycles. The van der Waals surface area contributed by atoms with E-state index in [0.717, 1.165) is 22.5 Å². The summed E-state index contributed by atoms with van der Waals surface area (Å²) in [4.78, 5) is 24.9. The van der Waals surface area contributed by atoms with Crippen molar-refractivity contribution in [3.8, 4) is 45.8 Å². The van der Waals surface area contributed by atoms with Gasteiger partial charge in [-0.3, -0.25) is 30.1 Å². The predicted octanol–water partition coefficient (Wildman–Crippen LogP) is -3.68. The predicted molar refractivity (Wildman–Crippen MR) is 155 cm³/mol. The molecule has 43 heavy (non-hydrogen) atoms. The third-order valence-electron chi connectivity index (χ3n) is 4.57. The Morgan fingerprint density at radius 1 is 0.442 bits per heavy atom. The number of nitrogens with zero attached hydrogens (tertiary/aromatic N) is 10. The topological polar surface area (TPSA) is 386 Å². The third-order valence-corrected chi connectivity index (χ3v) is 4.57. The van der Waals surface area contributed by atoms with Gasteiger partial charge in [-0.05, 0) is 71.3 Å². The summed E-state index contributed by atoms with van der Waals surface area (Å²) in [7, 11) is 0. The SMILES string of the molecule is O.O.O.O.O.O.[Mn+2].[OH3+].[OH3+].c1ccc(-c2n[n-]c(-c3ccncc3)n2)nc1.c1ccc(-c2nc(-c3ccncc3)n[n-]2)nc1. The van der Waals surface area contributed by atoms with E-state index in [-0.39, 0.29) is 60.9 Å². The molecule has 6 heterocycles. The van der Waals surface area contributed by atoms with E-state index in [9.17, 15) is 0 Å². The fourth-order valence-corrected chi connectivity index (χ4v) is 2.93. The number of hydrogen-bond donors (Lipinski definition) is 0. The molecule has 0 aliphatic heterocycles. The summed E-state index contributed by atoms with van der Waals surface area (Å²) in [6, 6.07) is 18.6. The van der Waals surface area contributed by atoms with Gasteiger partial charge < -0.3 is 64.0 Å². The van der Waals surface area contributed by atoms with Crippen molar-refractivity contribution < 1.29 is 60.9 Å². The van der Waals surface area contributed by atoms with Crippen LogP contribution in [0.5, 0.6) is 0 Å². The van der Waals surface area contributed by atoms with Gasteiger partial charge in [-0.1, -0.05) is 12.1 Å². The van der Waals surface area contributed by atoms with Crippen molar-refractivity contribution in [2.75, 3.05) is 0 Å². The number of rotatable bonds is 4. The molecule has 0 bridgehead atoms. The van der Waals surface area contributed by atoms with Crippen molar-refractivity contribution in [1.29, 1.82) is 0 Å². The van der Waals surface area contributed by atoms with Crippen molar-refractivity contribution in [2.45, 2.75) is 0 Å². The zero-order chi connectivity index (χ0) is 23.0. The average Bonchev–Trinajstić information content (AvgIpc) is 3.62. The first-order valence-electron chi connectivity index (χ1n) is 10.3. The summed E-state index contributed by atoms with van der Waals surface area (Å²) in [6.45, 7) is 0. The molecule has 0 fully saturated rings. The van der Waals surface area contributed by atoms with Gasteiger partial charge in [0.1, 0.15) is 0 Å². The zero-order valence-corrected chi connectivity index (χ0v) is 23.4. The summed E-state index contributed by atoms with van der Waals surface area (Å²) in [5.74, 6) is 2.26. The summed E-state index contributed by atoms with van der Waals surface area (Å²) >= 11 is 0. The van der Waals surface area contributed by atoms with Gasteiger partial charge in [-0.15, -0.1) is 0 Å². The van der Waals surface area contributed by atoms with Crippen LogP contribution in [-0.2, 0) is 28.0 Å². The van der Waals surface area contributed by atoms with Gasteiger partial charge in [0.25, 0.3) is 0 Å². The second kappa shape index (κ2) is 23.8. The Balaban J connectivity index is -0.000000185. The van der Waals surface area contributed by atoms with E-state index >= 15 is 0 Å². The second-order valence-electron chi connectivity index (χ2n) is 6.82. The molecule has 0 aliphatic carbocycles. The maximum atomic E-state index is 4.34. The van der Waals surface area contributed by atoms with Gasteiger partial charge in [0.15, 0.2) is 0 Å². The molecule has 1 radical (unpaired) electrons. The van der Waals surface area contributed by atoms with E-state index in [4.69, 9.17) is 0 Å². The zero-order valence-electron chi connectivity index (χ0n) is 22.2.